The number of nitrogens with one attached hydrogen (secondary N) is 1. The van der Waals surface area contributed by atoms with Crippen LogP contribution in [0.5, 0.6) is 0 Å². The SMILES string of the molecule is CCC(C)SCCCNc1ccccc1. The average molecular weight is 223 g/mol. The van der Waals surface area contributed by atoms with Gasteiger partial charge in [0, 0.05) is 17.5 Å². The summed E-state index contributed by atoms with van der Waals surface area (Å²) in [4.78, 5) is 0. The maximum Gasteiger partial charge on any atom is 0.0340 e. The number of hydrogen-bond donors (Lipinski definition) is 1. The van der Waals surface area contributed by atoms with Gasteiger partial charge in [-0.15, -0.1) is 0 Å². The van der Waals surface area contributed by atoms with Crippen molar-refractivity contribution < 1.29 is 0 Å². The van der Waals surface area contributed by atoms with Gasteiger partial charge in [-0.3, -0.25) is 0 Å². The number of para-hydroxylation sites is 1. The number of rotatable bonds is 7. The predicted octanol–water partition coefficient (Wildman–Crippen LogP) is 4.02. The average Bonchev–Trinajstić information content (AvgIpc) is 2.29. The summed E-state index contributed by atoms with van der Waals surface area (Å²) in [5.74, 6) is 1.26. The number of thioether (sulfide) groups is 1. The minimum absolute atomic E-state index is 0.807. The molecule has 15 heavy (non-hydrogen) atoms. The molecule has 1 unspecified atom stereocenters. The van der Waals surface area contributed by atoms with Crippen molar-refractivity contribution in [3.63, 3.8) is 0 Å². The highest BCUT2D eigenvalue weighted by molar-refractivity contribution is 7.99. The molecule has 0 amide bonds. The third-order valence-electron chi connectivity index (χ3n) is 2.40. The standard InChI is InChI=1S/C13H21NS/c1-3-12(2)15-11-7-10-14-13-8-5-4-6-9-13/h4-6,8-9,12,14H,3,7,10-11H2,1-2H3. The maximum atomic E-state index is 3.42. The number of anilines is 1. The molecule has 0 saturated heterocycles. The second kappa shape index (κ2) is 7.63. The first-order valence-electron chi connectivity index (χ1n) is 5.73. The molecule has 1 rings (SSSR count). The minimum Gasteiger partial charge on any atom is -0.385 e. The normalized spacial score (nSPS) is 12.4. The molecular formula is C13H21NS. The topological polar surface area (TPSA) is 12.0 Å². The molecule has 1 atom stereocenters. The van der Waals surface area contributed by atoms with Crippen LogP contribution in [0.25, 0.3) is 0 Å². The van der Waals surface area contributed by atoms with Crippen molar-refractivity contribution in [2.24, 2.45) is 0 Å². The molecule has 0 aliphatic heterocycles. The second-order valence-corrected chi connectivity index (χ2v) is 5.28. The van der Waals surface area contributed by atoms with E-state index in [-0.39, 0.29) is 0 Å². The largest absolute Gasteiger partial charge is 0.385 e. The molecule has 0 bridgehead atoms. The van der Waals surface area contributed by atoms with Gasteiger partial charge in [-0.2, -0.15) is 11.8 Å². The van der Waals surface area contributed by atoms with Crippen LogP contribution in [0.15, 0.2) is 30.3 Å². The fourth-order valence-electron chi connectivity index (χ4n) is 1.26. The molecule has 0 aromatic heterocycles. The molecule has 0 radical (unpaired) electrons. The van der Waals surface area contributed by atoms with Gasteiger partial charge in [0.15, 0.2) is 0 Å². The van der Waals surface area contributed by atoms with E-state index in [4.69, 9.17) is 0 Å². The molecule has 84 valence electrons. The lowest BCUT2D eigenvalue weighted by Crippen LogP contribution is -2.03. The Morgan fingerprint density at radius 3 is 2.67 bits per heavy atom. The molecule has 1 aromatic rings. The van der Waals surface area contributed by atoms with Gasteiger partial charge >= 0.3 is 0 Å². The van der Waals surface area contributed by atoms with Crippen LogP contribution in [0, 0.1) is 0 Å². The summed E-state index contributed by atoms with van der Waals surface area (Å²) in [6.45, 7) is 5.63. The Morgan fingerprint density at radius 1 is 1.27 bits per heavy atom. The van der Waals surface area contributed by atoms with Gasteiger partial charge in [0.1, 0.15) is 0 Å². The molecular weight excluding hydrogens is 202 g/mol. The van der Waals surface area contributed by atoms with Crippen LogP contribution in [-0.2, 0) is 0 Å². The fraction of sp³-hybridized carbons (Fsp3) is 0.538. The Hall–Kier alpha value is -0.630. The molecule has 0 heterocycles. The second-order valence-electron chi connectivity index (χ2n) is 3.74. The van der Waals surface area contributed by atoms with Crippen molar-refractivity contribution in [3.05, 3.63) is 30.3 Å². The summed E-state index contributed by atoms with van der Waals surface area (Å²) in [6, 6.07) is 10.4. The molecule has 1 nitrogen and oxygen atoms in total. The smallest absolute Gasteiger partial charge is 0.0340 e. The molecule has 0 aliphatic carbocycles. The first kappa shape index (κ1) is 12.4. The molecule has 0 fully saturated rings. The van der Waals surface area contributed by atoms with Gasteiger partial charge in [-0.25, -0.2) is 0 Å². The highest BCUT2D eigenvalue weighted by Gasteiger charge is 1.97. The van der Waals surface area contributed by atoms with E-state index in [9.17, 15) is 0 Å². The summed E-state index contributed by atoms with van der Waals surface area (Å²) in [7, 11) is 0. The fourth-order valence-corrected chi connectivity index (χ4v) is 2.21. The van der Waals surface area contributed by atoms with Gasteiger partial charge in [-0.1, -0.05) is 32.0 Å². The van der Waals surface area contributed by atoms with Gasteiger partial charge < -0.3 is 5.32 Å². The predicted molar refractivity (Wildman–Crippen MR) is 71.8 cm³/mol. The van der Waals surface area contributed by atoms with Crippen molar-refractivity contribution in [2.45, 2.75) is 31.9 Å². The van der Waals surface area contributed by atoms with E-state index in [1.54, 1.807) is 0 Å². The molecule has 0 aliphatic rings. The van der Waals surface area contributed by atoms with Crippen molar-refractivity contribution in [2.75, 3.05) is 17.6 Å². The number of benzene rings is 1. The highest BCUT2D eigenvalue weighted by Crippen LogP contribution is 2.14. The molecule has 1 aromatic carbocycles. The van der Waals surface area contributed by atoms with E-state index in [2.05, 4.69) is 55.2 Å². The highest BCUT2D eigenvalue weighted by atomic mass is 32.2. The van der Waals surface area contributed by atoms with E-state index < -0.39 is 0 Å². The van der Waals surface area contributed by atoms with Crippen LogP contribution in [0.1, 0.15) is 26.7 Å². The Labute approximate surface area is 97.7 Å². The lowest BCUT2D eigenvalue weighted by atomic mass is 10.3. The molecule has 1 N–H and O–H groups in total. The quantitative estimate of drug-likeness (QED) is 0.701. The summed E-state index contributed by atoms with van der Waals surface area (Å²) in [5.41, 5.74) is 1.23. The van der Waals surface area contributed by atoms with Crippen LogP contribution in [0.3, 0.4) is 0 Å². The van der Waals surface area contributed by atoms with Gasteiger partial charge in [-0.05, 0) is 30.7 Å². The Balaban J connectivity index is 2.03. The third-order valence-corrected chi connectivity index (χ3v) is 3.83. The third kappa shape index (κ3) is 5.73. The molecule has 0 spiro atoms. The lowest BCUT2D eigenvalue weighted by molar-refractivity contribution is 0.897. The van der Waals surface area contributed by atoms with Gasteiger partial charge in [0.05, 0.1) is 0 Å². The Kier molecular flexibility index (Phi) is 6.33. The summed E-state index contributed by atoms with van der Waals surface area (Å²) < 4.78 is 0. The van der Waals surface area contributed by atoms with Crippen molar-refractivity contribution in [3.8, 4) is 0 Å². The van der Waals surface area contributed by atoms with Crippen LogP contribution in [-0.4, -0.2) is 17.5 Å². The van der Waals surface area contributed by atoms with Crippen LogP contribution >= 0.6 is 11.8 Å². The van der Waals surface area contributed by atoms with Crippen molar-refractivity contribution >= 4 is 17.4 Å². The first-order valence-corrected chi connectivity index (χ1v) is 6.78. The molecule has 2 heteroatoms. The molecule has 0 saturated carbocycles. The summed E-state index contributed by atoms with van der Waals surface area (Å²) in [5, 5.41) is 4.23. The van der Waals surface area contributed by atoms with Crippen molar-refractivity contribution in [1.29, 1.82) is 0 Å². The van der Waals surface area contributed by atoms with E-state index in [0.717, 1.165) is 11.8 Å². The van der Waals surface area contributed by atoms with E-state index >= 15 is 0 Å². The van der Waals surface area contributed by atoms with Crippen molar-refractivity contribution in [1.82, 2.24) is 0 Å². The van der Waals surface area contributed by atoms with E-state index in [1.165, 1.54) is 24.3 Å². The summed E-state index contributed by atoms with van der Waals surface area (Å²) in [6.07, 6.45) is 2.51. The monoisotopic (exact) mass is 223 g/mol. The zero-order chi connectivity index (χ0) is 10.9. The number of hydrogen-bond acceptors (Lipinski definition) is 2. The maximum absolute atomic E-state index is 3.42. The van der Waals surface area contributed by atoms with Gasteiger partial charge in [0.2, 0.25) is 0 Å². The Bertz CT molecular complexity index is 248. The van der Waals surface area contributed by atoms with Gasteiger partial charge in [0.25, 0.3) is 0 Å². The summed E-state index contributed by atoms with van der Waals surface area (Å²) >= 11 is 2.07. The van der Waals surface area contributed by atoms with Crippen LogP contribution in [0.2, 0.25) is 0 Å². The van der Waals surface area contributed by atoms with Crippen LogP contribution in [0.4, 0.5) is 5.69 Å². The van der Waals surface area contributed by atoms with E-state index in [1.807, 2.05) is 6.07 Å². The zero-order valence-corrected chi connectivity index (χ0v) is 10.5. The van der Waals surface area contributed by atoms with Crippen LogP contribution < -0.4 is 5.32 Å². The first-order chi connectivity index (χ1) is 7.33. The minimum atomic E-state index is 0.807. The lowest BCUT2D eigenvalue weighted by Gasteiger charge is -2.09. The van der Waals surface area contributed by atoms with E-state index in [0.29, 0.717) is 0 Å². The zero-order valence-electron chi connectivity index (χ0n) is 9.70. The Morgan fingerprint density at radius 2 is 2.00 bits per heavy atom.